The minimum Gasteiger partial charge on any atom is -0.495 e. The van der Waals surface area contributed by atoms with Crippen LogP contribution >= 0.6 is 11.6 Å². The lowest BCUT2D eigenvalue weighted by Crippen LogP contribution is -2.63. The van der Waals surface area contributed by atoms with E-state index < -0.39 is 53.7 Å². The van der Waals surface area contributed by atoms with Gasteiger partial charge in [-0.2, -0.15) is 0 Å². The number of anilines is 1. The average Bonchev–Trinajstić information content (AvgIpc) is 3.61. The first-order valence-corrected chi connectivity index (χ1v) is 14.2. The van der Waals surface area contributed by atoms with Gasteiger partial charge in [0, 0.05) is 33.4 Å². The fourth-order valence-electron chi connectivity index (χ4n) is 5.81. The summed E-state index contributed by atoms with van der Waals surface area (Å²) in [6.07, 6.45) is 1.67. The molecular weight excluding hydrogens is 568 g/mol. The van der Waals surface area contributed by atoms with Gasteiger partial charge in [0.05, 0.1) is 25.3 Å². The van der Waals surface area contributed by atoms with E-state index in [2.05, 4.69) is 5.32 Å². The highest BCUT2D eigenvalue weighted by Gasteiger charge is 2.64. The predicted octanol–water partition coefficient (Wildman–Crippen LogP) is 3.69. The number of fused-ring (bicyclic) bond motifs is 5. The molecule has 0 unspecified atom stereocenters. The number of rotatable bonds is 3. The van der Waals surface area contributed by atoms with Crippen molar-refractivity contribution in [2.75, 3.05) is 26.2 Å². The molecule has 1 aromatic rings. The van der Waals surface area contributed by atoms with Crippen LogP contribution < -0.4 is 15.0 Å². The molecule has 1 aromatic carbocycles. The maximum absolute atomic E-state index is 13.6. The molecular formula is C30H39ClN2O9. The summed E-state index contributed by atoms with van der Waals surface area (Å²) in [5.41, 5.74) is -0.570. The van der Waals surface area contributed by atoms with Crippen LogP contribution in [0.2, 0.25) is 5.02 Å². The first-order chi connectivity index (χ1) is 19.7. The summed E-state index contributed by atoms with van der Waals surface area (Å²) in [5, 5.41) is 14.3. The largest absolute Gasteiger partial charge is 0.495 e. The molecule has 3 aliphatic heterocycles. The molecule has 4 bridgehead atoms. The molecule has 3 heterocycles. The third kappa shape index (κ3) is 6.44. The van der Waals surface area contributed by atoms with Gasteiger partial charge in [0.25, 0.3) is 0 Å². The number of aliphatic hydroxyl groups is 1. The smallest absolute Gasteiger partial charge is 0.409 e. The van der Waals surface area contributed by atoms with E-state index in [1.54, 1.807) is 32.2 Å². The third-order valence-corrected chi connectivity index (χ3v) is 8.64. The molecule has 2 N–H and O–H groups in total. The summed E-state index contributed by atoms with van der Waals surface area (Å²) in [4.78, 5) is 39.7. The molecule has 2 fully saturated rings. The SMILES string of the molecule is COc1cc2cc(c1Cl)N(C)C(=O)C[C@@H](OC(C)=O)[C@]1(C)O[C@H]1[C@@H](C)[C@@H]1C[C@@](O)(NC(=O)O1)[C@H](OC)/C=C/C=C(/C)C2. The number of nitrogens with one attached hydrogen (secondary N) is 1. The van der Waals surface area contributed by atoms with Gasteiger partial charge in [0.2, 0.25) is 5.91 Å². The number of hydrogen-bond donors (Lipinski definition) is 2. The van der Waals surface area contributed by atoms with Crippen molar-refractivity contribution in [1.82, 2.24) is 5.32 Å². The number of halogens is 1. The number of benzene rings is 1. The van der Waals surface area contributed by atoms with Crippen LogP contribution in [-0.4, -0.2) is 80.1 Å². The van der Waals surface area contributed by atoms with Gasteiger partial charge >= 0.3 is 12.1 Å². The lowest BCUT2D eigenvalue weighted by Gasteiger charge is -2.42. The Morgan fingerprint density at radius 2 is 1.98 bits per heavy atom. The van der Waals surface area contributed by atoms with Gasteiger partial charge in [-0.3, -0.25) is 14.9 Å². The van der Waals surface area contributed by atoms with Gasteiger partial charge in [-0.05, 0) is 38.0 Å². The molecule has 0 saturated carbocycles. The molecule has 12 heteroatoms. The highest BCUT2D eigenvalue weighted by molar-refractivity contribution is 6.35. The van der Waals surface area contributed by atoms with Crippen LogP contribution in [0.15, 0.2) is 35.9 Å². The number of nitrogens with zero attached hydrogens (tertiary/aromatic N) is 1. The van der Waals surface area contributed by atoms with Crippen molar-refractivity contribution >= 4 is 35.3 Å². The minimum atomic E-state index is -1.76. The topological polar surface area (TPSA) is 136 Å². The van der Waals surface area contributed by atoms with Gasteiger partial charge in [-0.1, -0.05) is 42.3 Å². The second kappa shape index (κ2) is 12.2. The van der Waals surface area contributed by atoms with E-state index in [1.807, 2.05) is 26.0 Å². The second-order valence-corrected chi connectivity index (χ2v) is 11.8. The van der Waals surface area contributed by atoms with E-state index in [9.17, 15) is 19.5 Å². The Morgan fingerprint density at radius 1 is 1.26 bits per heavy atom. The van der Waals surface area contributed by atoms with Gasteiger partial charge in [0.1, 0.15) is 34.7 Å². The Balaban J connectivity index is 1.79. The molecule has 0 aliphatic carbocycles. The number of allylic oxidation sites excluding steroid dienone is 3. The fraction of sp³-hybridized carbons (Fsp3) is 0.567. The Bertz CT molecular complexity index is 1300. The van der Waals surface area contributed by atoms with Crippen molar-refractivity contribution in [3.05, 3.63) is 46.5 Å². The van der Waals surface area contributed by atoms with Gasteiger partial charge in [0.15, 0.2) is 5.72 Å². The Morgan fingerprint density at radius 3 is 2.62 bits per heavy atom. The number of hydrogen-bond acceptors (Lipinski definition) is 9. The fourth-order valence-corrected chi connectivity index (χ4v) is 6.12. The van der Waals surface area contributed by atoms with E-state index >= 15 is 0 Å². The summed E-state index contributed by atoms with van der Waals surface area (Å²) >= 11 is 6.64. The Kier molecular flexibility index (Phi) is 9.27. The monoisotopic (exact) mass is 606 g/mol. The number of alkyl carbamates (subject to hydrolysis) is 1. The molecule has 3 aliphatic rings. The van der Waals surface area contributed by atoms with Crippen LogP contribution in [0.3, 0.4) is 0 Å². The first-order valence-electron chi connectivity index (χ1n) is 13.8. The van der Waals surface area contributed by atoms with Crippen LogP contribution in [0.4, 0.5) is 10.5 Å². The van der Waals surface area contributed by atoms with Crippen molar-refractivity contribution in [2.24, 2.45) is 5.92 Å². The second-order valence-electron chi connectivity index (χ2n) is 11.4. The summed E-state index contributed by atoms with van der Waals surface area (Å²) in [6.45, 7) is 6.77. The van der Waals surface area contributed by atoms with Crippen LogP contribution in [0.1, 0.15) is 46.1 Å². The van der Waals surface area contributed by atoms with E-state index in [4.69, 9.17) is 35.3 Å². The van der Waals surface area contributed by atoms with E-state index in [0.717, 1.165) is 11.1 Å². The van der Waals surface area contributed by atoms with E-state index in [0.29, 0.717) is 17.9 Å². The van der Waals surface area contributed by atoms with Crippen LogP contribution in [-0.2, 0) is 35.0 Å². The number of epoxide rings is 1. The van der Waals surface area contributed by atoms with Crippen LogP contribution in [0.5, 0.6) is 5.75 Å². The van der Waals surface area contributed by atoms with Crippen molar-refractivity contribution < 1.29 is 43.2 Å². The van der Waals surface area contributed by atoms with Crippen molar-refractivity contribution in [1.29, 1.82) is 0 Å². The quantitative estimate of drug-likeness (QED) is 0.390. The number of carbonyl (C=O) groups excluding carboxylic acids is 3. The summed E-state index contributed by atoms with van der Waals surface area (Å²) < 4.78 is 28.4. The summed E-state index contributed by atoms with van der Waals surface area (Å²) in [5.74, 6) is -0.951. The average molecular weight is 607 g/mol. The van der Waals surface area contributed by atoms with Gasteiger partial charge in [-0.15, -0.1) is 0 Å². The normalized spacial score (nSPS) is 35.6. The zero-order valence-electron chi connectivity index (χ0n) is 24.9. The lowest BCUT2D eigenvalue weighted by molar-refractivity contribution is -0.151. The molecule has 0 aromatic heterocycles. The number of methoxy groups -OCH3 is 2. The molecule has 2 amide bonds. The standard InChI is InChI=1S/C30H39ClN2O9/c1-16-9-8-10-23(39-7)30(37)15-22(41-28(36)32-30)17(2)27-29(4,42-27)24(40-18(3)34)14-25(35)33(5)20-12-19(11-16)13-21(38-6)26(20)31/h8-10,12-13,17,22-24,27,37H,11,14-15H2,1-7H3,(H,32,36)/b10-8+,16-9-/t17-,22-,23+,24+,27-,29-,30-/m0/s1. The molecule has 7 atom stereocenters. The van der Waals surface area contributed by atoms with Crippen molar-refractivity contribution in [2.45, 2.75) is 82.7 Å². The van der Waals surface area contributed by atoms with Gasteiger partial charge in [-0.25, -0.2) is 4.79 Å². The highest BCUT2D eigenvalue weighted by Crippen LogP contribution is 2.49. The van der Waals surface area contributed by atoms with E-state index in [1.165, 1.54) is 26.0 Å². The van der Waals surface area contributed by atoms with Crippen molar-refractivity contribution in [3.8, 4) is 5.75 Å². The Labute approximate surface area is 250 Å². The lowest BCUT2D eigenvalue weighted by atomic mass is 9.83. The summed E-state index contributed by atoms with van der Waals surface area (Å²) in [7, 11) is 4.54. The molecule has 0 spiro atoms. The maximum atomic E-state index is 13.6. The van der Waals surface area contributed by atoms with Crippen LogP contribution in [0, 0.1) is 5.92 Å². The minimum absolute atomic E-state index is 0.00538. The zero-order chi connectivity index (χ0) is 31.0. The van der Waals surface area contributed by atoms with Gasteiger partial charge < -0.3 is 33.7 Å². The number of carbonyl (C=O) groups is 3. The molecule has 11 nitrogen and oxygen atoms in total. The Hall–Kier alpha value is -3.12. The number of ether oxygens (including phenoxy) is 5. The maximum Gasteiger partial charge on any atom is 0.409 e. The predicted molar refractivity (Wildman–Crippen MR) is 154 cm³/mol. The zero-order valence-corrected chi connectivity index (χ0v) is 25.7. The molecule has 230 valence electrons. The first kappa shape index (κ1) is 31.8. The number of amides is 2. The number of esters is 1. The molecule has 4 rings (SSSR count). The molecule has 42 heavy (non-hydrogen) atoms. The van der Waals surface area contributed by atoms with Crippen molar-refractivity contribution in [3.63, 3.8) is 0 Å². The molecule has 0 radical (unpaired) electrons. The third-order valence-electron chi connectivity index (χ3n) is 8.26. The van der Waals surface area contributed by atoms with Crippen LogP contribution in [0.25, 0.3) is 0 Å². The van der Waals surface area contributed by atoms with E-state index in [-0.39, 0.29) is 23.8 Å². The highest BCUT2D eigenvalue weighted by atomic mass is 35.5. The summed E-state index contributed by atoms with van der Waals surface area (Å²) in [6, 6.07) is 3.62. The molecule has 2 saturated heterocycles.